The number of rotatable bonds is 3. The first kappa shape index (κ1) is 16.6. The second-order valence-corrected chi connectivity index (χ2v) is 9.39. The van der Waals surface area contributed by atoms with E-state index in [2.05, 4.69) is 83.2 Å². The van der Waals surface area contributed by atoms with Crippen LogP contribution >= 0.6 is 0 Å². The van der Waals surface area contributed by atoms with E-state index in [1.165, 1.54) is 23.1 Å². The van der Waals surface area contributed by atoms with Gasteiger partial charge in [-0.3, -0.25) is 0 Å². The lowest BCUT2D eigenvalue weighted by atomic mass is 9.63. The Balaban J connectivity index is 1.85. The highest BCUT2D eigenvalue weighted by Crippen LogP contribution is 2.51. The molecule has 4 rings (SSSR count). The van der Waals surface area contributed by atoms with Gasteiger partial charge in [-0.05, 0) is 63.5 Å². The molecule has 0 radical (unpaired) electrons. The minimum Gasteiger partial charge on any atom is -0.0795 e. The first-order chi connectivity index (χ1) is 11.9. The van der Waals surface area contributed by atoms with Gasteiger partial charge in [0.25, 0.3) is 0 Å². The molecule has 0 aromatic carbocycles. The molecule has 4 aliphatic rings. The summed E-state index contributed by atoms with van der Waals surface area (Å²) in [6.07, 6.45) is 21.2. The first-order valence-electron chi connectivity index (χ1n) is 9.78. The van der Waals surface area contributed by atoms with Crippen LogP contribution in [0.1, 0.15) is 47.5 Å². The van der Waals surface area contributed by atoms with E-state index in [-0.39, 0.29) is 5.41 Å². The molecule has 0 spiro atoms. The van der Waals surface area contributed by atoms with E-state index in [9.17, 15) is 0 Å². The van der Waals surface area contributed by atoms with Crippen molar-refractivity contribution < 1.29 is 0 Å². The van der Waals surface area contributed by atoms with E-state index in [0.717, 1.165) is 6.42 Å². The maximum Gasteiger partial charge on any atom is 0.0351 e. The maximum atomic E-state index is 2.43. The fourth-order valence-corrected chi connectivity index (χ4v) is 4.86. The van der Waals surface area contributed by atoms with E-state index >= 15 is 0 Å². The number of hydrogen-bond acceptors (Lipinski definition) is 0. The van der Waals surface area contributed by atoms with Gasteiger partial charge in [-0.15, -0.1) is 0 Å². The van der Waals surface area contributed by atoms with Crippen molar-refractivity contribution in [1.82, 2.24) is 0 Å². The molecule has 0 nitrogen and oxygen atoms in total. The summed E-state index contributed by atoms with van der Waals surface area (Å²) in [7, 11) is 0. The highest BCUT2D eigenvalue weighted by Gasteiger charge is 2.37. The standard InChI is InChI=1S/C25H30/c1-16(2)15-22(25(3,4)5)20-13-11-19-10-9-17-7-6-8-18-12-14-21(20)24(19)23(17)18/h6-7,9-14,16,22,24H,8,15H2,1-5H3. The Hall–Kier alpha value is -1.82. The Labute approximate surface area is 153 Å². The molecule has 0 saturated heterocycles. The van der Waals surface area contributed by atoms with Gasteiger partial charge in [0, 0.05) is 5.92 Å². The molecule has 0 N–H and O–H groups in total. The van der Waals surface area contributed by atoms with Gasteiger partial charge in [0.2, 0.25) is 0 Å². The first-order valence-corrected chi connectivity index (χ1v) is 9.78. The van der Waals surface area contributed by atoms with Crippen LogP contribution in [0.3, 0.4) is 0 Å². The molecule has 130 valence electrons. The zero-order chi connectivity index (χ0) is 17.8. The normalized spacial score (nSPS) is 25.3. The maximum absolute atomic E-state index is 2.43. The highest BCUT2D eigenvalue weighted by molar-refractivity contribution is 5.68. The molecule has 0 aliphatic heterocycles. The van der Waals surface area contributed by atoms with E-state index in [4.69, 9.17) is 0 Å². The fourth-order valence-electron chi connectivity index (χ4n) is 4.86. The predicted octanol–water partition coefficient (Wildman–Crippen LogP) is 6.87. The second kappa shape index (κ2) is 5.87. The van der Waals surface area contributed by atoms with Crippen LogP contribution in [-0.4, -0.2) is 0 Å². The van der Waals surface area contributed by atoms with Crippen molar-refractivity contribution in [3.63, 3.8) is 0 Å². The highest BCUT2D eigenvalue weighted by atomic mass is 14.4. The molecule has 25 heavy (non-hydrogen) atoms. The van der Waals surface area contributed by atoms with Gasteiger partial charge >= 0.3 is 0 Å². The van der Waals surface area contributed by atoms with Crippen LogP contribution in [0, 0.1) is 23.2 Å². The SMILES string of the molecule is CC(C)CC(C1=C2C=CC3=C4C(=CC=C(C=C1)C24)C=CC3)C(C)(C)C. The van der Waals surface area contributed by atoms with Crippen LogP contribution in [0.25, 0.3) is 0 Å². The van der Waals surface area contributed by atoms with Crippen LogP contribution in [0.5, 0.6) is 0 Å². The molecule has 2 unspecified atom stereocenters. The average molecular weight is 331 g/mol. The van der Waals surface area contributed by atoms with Crippen molar-refractivity contribution in [3.8, 4) is 0 Å². The van der Waals surface area contributed by atoms with Crippen LogP contribution < -0.4 is 0 Å². The molecule has 0 aromatic heterocycles. The largest absolute Gasteiger partial charge is 0.0795 e. The number of allylic oxidation sites excluding steroid dienone is 14. The summed E-state index contributed by atoms with van der Waals surface area (Å²) in [4.78, 5) is 0. The molecule has 2 atom stereocenters. The third-order valence-corrected chi connectivity index (χ3v) is 6.06. The molecule has 4 aliphatic carbocycles. The van der Waals surface area contributed by atoms with Crippen molar-refractivity contribution in [2.45, 2.75) is 47.5 Å². The van der Waals surface area contributed by atoms with Gasteiger partial charge in [0.05, 0.1) is 0 Å². The smallest absolute Gasteiger partial charge is 0.0351 e. The third-order valence-electron chi connectivity index (χ3n) is 6.06. The summed E-state index contributed by atoms with van der Waals surface area (Å²) in [5, 5.41) is 0. The van der Waals surface area contributed by atoms with Crippen LogP contribution in [-0.2, 0) is 0 Å². The second-order valence-electron chi connectivity index (χ2n) is 9.39. The lowest BCUT2D eigenvalue weighted by Gasteiger charge is -2.41. The molecule has 0 amide bonds. The Kier molecular flexibility index (Phi) is 3.90. The van der Waals surface area contributed by atoms with Gasteiger partial charge < -0.3 is 0 Å². The van der Waals surface area contributed by atoms with Crippen molar-refractivity contribution in [1.29, 1.82) is 0 Å². The molecule has 0 bridgehead atoms. The summed E-state index contributed by atoms with van der Waals surface area (Å²) in [6, 6.07) is 0. The Morgan fingerprint density at radius 3 is 2.52 bits per heavy atom. The summed E-state index contributed by atoms with van der Waals surface area (Å²) < 4.78 is 0. The Morgan fingerprint density at radius 1 is 1.00 bits per heavy atom. The lowest BCUT2D eigenvalue weighted by molar-refractivity contribution is 0.243. The number of hydrogen-bond donors (Lipinski definition) is 0. The van der Waals surface area contributed by atoms with E-state index in [0.29, 0.717) is 17.8 Å². The topological polar surface area (TPSA) is 0 Å². The van der Waals surface area contributed by atoms with Crippen molar-refractivity contribution in [2.75, 3.05) is 0 Å². The van der Waals surface area contributed by atoms with Gasteiger partial charge in [0.15, 0.2) is 0 Å². The minimum atomic E-state index is 0.278. The van der Waals surface area contributed by atoms with Crippen LogP contribution in [0.2, 0.25) is 0 Å². The molecule has 0 heteroatoms. The molecule has 0 heterocycles. The van der Waals surface area contributed by atoms with E-state index < -0.39 is 0 Å². The average Bonchev–Trinajstić information content (AvgIpc) is 2.56. The summed E-state index contributed by atoms with van der Waals surface area (Å²) >= 11 is 0. The fraction of sp³-hybridized carbons (Fsp3) is 0.440. The zero-order valence-corrected chi connectivity index (χ0v) is 16.3. The molecular weight excluding hydrogens is 300 g/mol. The van der Waals surface area contributed by atoms with Crippen LogP contribution in [0.15, 0.2) is 82.0 Å². The Bertz CT molecular complexity index is 807. The third kappa shape index (κ3) is 2.76. The predicted molar refractivity (Wildman–Crippen MR) is 108 cm³/mol. The van der Waals surface area contributed by atoms with Crippen molar-refractivity contribution in [2.24, 2.45) is 23.2 Å². The molecule has 0 fully saturated rings. The summed E-state index contributed by atoms with van der Waals surface area (Å²) in [6.45, 7) is 11.9. The van der Waals surface area contributed by atoms with Gasteiger partial charge in [-0.1, -0.05) is 83.2 Å². The van der Waals surface area contributed by atoms with E-state index in [1.807, 2.05) is 0 Å². The summed E-state index contributed by atoms with van der Waals surface area (Å²) in [5.41, 5.74) is 9.36. The van der Waals surface area contributed by atoms with Crippen molar-refractivity contribution in [3.05, 3.63) is 82.0 Å². The quantitative estimate of drug-likeness (QED) is 0.529. The lowest BCUT2D eigenvalue weighted by Crippen LogP contribution is -2.29. The Morgan fingerprint density at radius 2 is 1.80 bits per heavy atom. The van der Waals surface area contributed by atoms with Gasteiger partial charge in [-0.25, -0.2) is 0 Å². The zero-order valence-electron chi connectivity index (χ0n) is 16.3. The van der Waals surface area contributed by atoms with Crippen LogP contribution in [0.4, 0.5) is 0 Å². The summed E-state index contributed by atoms with van der Waals surface area (Å²) in [5.74, 6) is 1.77. The van der Waals surface area contributed by atoms with Crippen molar-refractivity contribution >= 4 is 0 Å². The van der Waals surface area contributed by atoms with Gasteiger partial charge in [-0.2, -0.15) is 0 Å². The van der Waals surface area contributed by atoms with Gasteiger partial charge in [0.1, 0.15) is 0 Å². The minimum absolute atomic E-state index is 0.278. The monoisotopic (exact) mass is 330 g/mol. The molecule has 0 saturated carbocycles. The van der Waals surface area contributed by atoms with E-state index in [1.54, 1.807) is 16.7 Å². The molecular formula is C25H30. The molecule has 0 aromatic rings.